The number of benzene rings is 3. The van der Waals surface area contributed by atoms with Gasteiger partial charge in [0.15, 0.2) is 0 Å². The molecular formula is C32H33FN2O2S2. The van der Waals surface area contributed by atoms with Gasteiger partial charge in [-0.05, 0) is 78.6 Å². The third kappa shape index (κ3) is 7.34. The molecule has 3 aromatic carbocycles. The molecule has 2 aliphatic rings. The van der Waals surface area contributed by atoms with E-state index in [0.717, 1.165) is 39.1 Å². The highest BCUT2D eigenvalue weighted by Crippen LogP contribution is 2.42. The molecule has 1 aliphatic carbocycles. The molecule has 202 valence electrons. The first-order valence-corrected chi connectivity index (χ1v) is 15.5. The molecule has 4 nitrogen and oxygen atoms in total. The summed E-state index contributed by atoms with van der Waals surface area (Å²) in [5.74, 6) is 0.617. The minimum absolute atomic E-state index is 0.0700. The Morgan fingerprint density at radius 2 is 1.74 bits per heavy atom. The number of anilines is 1. The Morgan fingerprint density at radius 1 is 1.00 bits per heavy atom. The van der Waals surface area contributed by atoms with Gasteiger partial charge in [0, 0.05) is 22.3 Å². The zero-order valence-electron chi connectivity index (χ0n) is 21.9. The van der Waals surface area contributed by atoms with Crippen molar-refractivity contribution >= 4 is 47.1 Å². The first-order valence-electron chi connectivity index (χ1n) is 13.6. The van der Waals surface area contributed by atoms with E-state index in [1.165, 1.54) is 56.0 Å². The number of hydrogen-bond donors (Lipinski definition) is 1. The van der Waals surface area contributed by atoms with Crippen LogP contribution in [0.25, 0.3) is 6.08 Å². The molecule has 1 heterocycles. The van der Waals surface area contributed by atoms with Crippen molar-refractivity contribution < 1.29 is 14.0 Å². The molecule has 0 aromatic heterocycles. The van der Waals surface area contributed by atoms with Crippen molar-refractivity contribution in [3.8, 4) is 0 Å². The lowest BCUT2D eigenvalue weighted by Crippen LogP contribution is -2.33. The molecule has 1 N–H and O–H groups in total. The van der Waals surface area contributed by atoms with Gasteiger partial charge in [-0.25, -0.2) is 4.39 Å². The number of hydrogen-bond acceptors (Lipinski definition) is 4. The van der Waals surface area contributed by atoms with Crippen molar-refractivity contribution in [3.63, 3.8) is 0 Å². The number of thioether (sulfide) groups is 2. The average Bonchev–Trinajstić information content (AvgIpc) is 2.97. The molecule has 5 rings (SSSR count). The molecule has 0 atom stereocenters. The van der Waals surface area contributed by atoms with Crippen LogP contribution in [0.3, 0.4) is 0 Å². The van der Waals surface area contributed by atoms with Gasteiger partial charge in [-0.1, -0.05) is 67.4 Å². The number of para-hydroxylation sites is 1. The van der Waals surface area contributed by atoms with Crippen LogP contribution in [0, 0.1) is 5.82 Å². The van der Waals surface area contributed by atoms with Crippen LogP contribution in [-0.4, -0.2) is 29.4 Å². The Labute approximate surface area is 238 Å². The van der Waals surface area contributed by atoms with Crippen molar-refractivity contribution in [2.75, 3.05) is 17.2 Å². The maximum Gasteiger partial charge on any atom is 0.265 e. The highest BCUT2D eigenvalue weighted by Gasteiger charge is 2.29. The fourth-order valence-electron chi connectivity index (χ4n) is 4.93. The lowest BCUT2D eigenvalue weighted by molar-refractivity contribution is -0.114. The van der Waals surface area contributed by atoms with Crippen LogP contribution < -0.4 is 10.2 Å². The third-order valence-electron chi connectivity index (χ3n) is 7.07. The summed E-state index contributed by atoms with van der Waals surface area (Å²) in [7, 11) is 0. The minimum Gasteiger partial charge on any atom is -0.352 e. The number of nitrogens with one attached hydrogen (secondary N) is 1. The van der Waals surface area contributed by atoms with Crippen LogP contribution in [0.2, 0.25) is 0 Å². The van der Waals surface area contributed by atoms with Crippen molar-refractivity contribution in [2.45, 2.75) is 55.2 Å². The zero-order valence-corrected chi connectivity index (χ0v) is 23.5. The summed E-state index contributed by atoms with van der Waals surface area (Å²) in [5, 5.41) is 3.83. The van der Waals surface area contributed by atoms with E-state index in [-0.39, 0.29) is 17.6 Å². The average molecular weight is 561 g/mol. The van der Waals surface area contributed by atoms with E-state index in [0.29, 0.717) is 23.6 Å². The Hall–Kier alpha value is -3.03. The molecule has 0 spiro atoms. The SMILES string of the molecule is O=C(NCCCSC1CCCCC1)c1ccc(/C=C2\Sc3ccccc3N(Cc3ccc(F)cc3)C2=O)cc1. The Kier molecular flexibility index (Phi) is 9.43. The summed E-state index contributed by atoms with van der Waals surface area (Å²) in [6.45, 7) is 1.03. The Morgan fingerprint density at radius 3 is 2.51 bits per heavy atom. The van der Waals surface area contributed by atoms with Gasteiger partial charge in [-0.15, -0.1) is 0 Å². The monoisotopic (exact) mass is 560 g/mol. The van der Waals surface area contributed by atoms with Gasteiger partial charge in [0.1, 0.15) is 5.82 Å². The van der Waals surface area contributed by atoms with Crippen molar-refractivity contribution in [3.05, 3.63) is 100 Å². The van der Waals surface area contributed by atoms with Crippen LogP contribution >= 0.6 is 23.5 Å². The molecule has 39 heavy (non-hydrogen) atoms. The van der Waals surface area contributed by atoms with Gasteiger partial charge in [-0.3, -0.25) is 9.59 Å². The summed E-state index contributed by atoms with van der Waals surface area (Å²) < 4.78 is 13.4. The van der Waals surface area contributed by atoms with Crippen LogP contribution in [-0.2, 0) is 11.3 Å². The number of amides is 2. The molecule has 7 heteroatoms. The zero-order chi connectivity index (χ0) is 27.0. The number of halogens is 1. The first-order chi connectivity index (χ1) is 19.1. The van der Waals surface area contributed by atoms with Gasteiger partial charge >= 0.3 is 0 Å². The van der Waals surface area contributed by atoms with Crippen molar-refractivity contribution in [1.82, 2.24) is 5.32 Å². The predicted molar refractivity (Wildman–Crippen MR) is 161 cm³/mol. The van der Waals surface area contributed by atoms with E-state index in [2.05, 4.69) is 17.1 Å². The summed E-state index contributed by atoms with van der Waals surface area (Å²) in [6, 6.07) is 21.4. The quantitative estimate of drug-likeness (QED) is 0.215. The fourth-order valence-corrected chi connectivity index (χ4v) is 7.30. The maximum atomic E-state index is 13.5. The van der Waals surface area contributed by atoms with Gasteiger partial charge in [-0.2, -0.15) is 11.8 Å². The molecule has 1 saturated carbocycles. The highest BCUT2D eigenvalue weighted by molar-refractivity contribution is 8.04. The first kappa shape index (κ1) is 27.5. The summed E-state index contributed by atoms with van der Waals surface area (Å²) in [4.78, 5) is 29.4. The molecule has 3 aromatic rings. The maximum absolute atomic E-state index is 13.5. The fraction of sp³-hybridized carbons (Fsp3) is 0.312. The normalized spacial score (nSPS) is 16.8. The molecule has 0 bridgehead atoms. The lowest BCUT2D eigenvalue weighted by Gasteiger charge is -2.30. The van der Waals surface area contributed by atoms with E-state index in [1.54, 1.807) is 29.2 Å². The number of rotatable bonds is 9. The third-order valence-corrected chi connectivity index (χ3v) is 9.61. The molecule has 1 aliphatic heterocycles. The van der Waals surface area contributed by atoms with Gasteiger partial charge < -0.3 is 10.2 Å². The molecule has 0 unspecified atom stereocenters. The van der Waals surface area contributed by atoms with E-state index in [9.17, 15) is 14.0 Å². The summed E-state index contributed by atoms with van der Waals surface area (Å²) >= 11 is 3.50. The Balaban J connectivity index is 1.20. The number of carbonyl (C=O) groups is 2. The molecule has 1 fully saturated rings. The number of carbonyl (C=O) groups excluding carboxylic acids is 2. The lowest BCUT2D eigenvalue weighted by atomic mass is 10.0. The van der Waals surface area contributed by atoms with Crippen LogP contribution in [0.1, 0.15) is 60.0 Å². The summed E-state index contributed by atoms with van der Waals surface area (Å²) in [5.41, 5.74) is 3.17. The highest BCUT2D eigenvalue weighted by atomic mass is 32.2. The van der Waals surface area contributed by atoms with Crippen molar-refractivity contribution in [1.29, 1.82) is 0 Å². The second kappa shape index (κ2) is 13.4. The molecular weight excluding hydrogens is 527 g/mol. The minimum atomic E-state index is -0.300. The second-order valence-corrected chi connectivity index (χ2v) is 12.5. The van der Waals surface area contributed by atoms with Gasteiger partial charge in [0.05, 0.1) is 17.1 Å². The van der Waals surface area contributed by atoms with Crippen molar-refractivity contribution in [2.24, 2.45) is 0 Å². The Bertz CT molecular complexity index is 1320. The van der Waals surface area contributed by atoms with Gasteiger partial charge in [0.25, 0.3) is 11.8 Å². The smallest absolute Gasteiger partial charge is 0.265 e. The van der Waals surface area contributed by atoms with Crippen LogP contribution in [0.4, 0.5) is 10.1 Å². The molecule has 0 radical (unpaired) electrons. The topological polar surface area (TPSA) is 49.4 Å². The second-order valence-electron chi connectivity index (χ2n) is 9.96. The van der Waals surface area contributed by atoms with Crippen LogP contribution in [0.15, 0.2) is 82.6 Å². The molecule has 0 saturated heterocycles. The number of fused-ring (bicyclic) bond motifs is 1. The van der Waals surface area contributed by atoms with E-state index >= 15 is 0 Å². The largest absolute Gasteiger partial charge is 0.352 e. The predicted octanol–water partition coefficient (Wildman–Crippen LogP) is 7.69. The van der Waals surface area contributed by atoms with E-state index < -0.39 is 0 Å². The standard InChI is InChI=1S/C32H33FN2O2S2/c33-26-17-13-24(14-18-26)22-35-28-9-4-5-10-29(28)39-30(32(35)37)21-23-11-15-25(16-12-23)31(36)34-19-6-20-38-27-7-2-1-3-8-27/h4-5,9-18,21,27H,1-3,6-8,19-20,22H2,(H,34,36)/b30-21-. The van der Waals surface area contributed by atoms with Gasteiger partial charge in [0.2, 0.25) is 0 Å². The van der Waals surface area contributed by atoms with Crippen LogP contribution in [0.5, 0.6) is 0 Å². The summed E-state index contributed by atoms with van der Waals surface area (Å²) in [6.07, 6.45) is 9.61. The van der Waals surface area contributed by atoms with E-state index in [1.807, 2.05) is 42.5 Å². The molecule has 2 amide bonds. The van der Waals surface area contributed by atoms with E-state index in [4.69, 9.17) is 0 Å². The number of nitrogens with zero attached hydrogens (tertiary/aromatic N) is 1.